The minimum atomic E-state index is -0.0636. The third kappa shape index (κ3) is 4.40. The Hall–Kier alpha value is -2.33. The van der Waals surface area contributed by atoms with Gasteiger partial charge in [0, 0.05) is 17.5 Å². The zero-order valence-corrected chi connectivity index (χ0v) is 14.8. The van der Waals surface area contributed by atoms with E-state index in [-0.39, 0.29) is 5.91 Å². The molecule has 4 nitrogen and oxygen atoms in total. The van der Waals surface area contributed by atoms with Crippen molar-refractivity contribution in [3.05, 3.63) is 47.5 Å². The van der Waals surface area contributed by atoms with Gasteiger partial charge < -0.3 is 4.74 Å². The molecular weight excluding hydrogens is 312 g/mol. The SMILES string of the molecule is CCCCCCCOc1cccc2cccc(/C=C3\CNNC3=O)c12. The first-order valence-electron chi connectivity index (χ1n) is 9.18. The quantitative estimate of drug-likeness (QED) is 0.560. The molecule has 0 atom stereocenters. The van der Waals surface area contributed by atoms with Crippen molar-refractivity contribution >= 4 is 22.8 Å². The first-order valence-corrected chi connectivity index (χ1v) is 9.18. The summed E-state index contributed by atoms with van der Waals surface area (Å²) in [7, 11) is 0. The average molecular weight is 338 g/mol. The summed E-state index contributed by atoms with van der Waals surface area (Å²) in [6.07, 6.45) is 8.06. The summed E-state index contributed by atoms with van der Waals surface area (Å²) in [6.45, 7) is 3.49. The van der Waals surface area contributed by atoms with Crippen molar-refractivity contribution < 1.29 is 9.53 Å². The molecule has 0 aliphatic carbocycles. The van der Waals surface area contributed by atoms with Crippen LogP contribution in [0.25, 0.3) is 16.8 Å². The monoisotopic (exact) mass is 338 g/mol. The number of carbonyl (C=O) groups excluding carboxylic acids is 1. The number of rotatable bonds is 8. The molecule has 1 saturated heterocycles. The molecule has 0 bridgehead atoms. The lowest BCUT2D eigenvalue weighted by Gasteiger charge is -2.12. The number of unbranched alkanes of at least 4 members (excludes halogenated alkanes) is 4. The number of nitrogens with one attached hydrogen (secondary N) is 2. The standard InChI is InChI=1S/C21H26N2O2/c1-2-3-4-5-6-13-25-19-12-8-10-16-9-7-11-17(20(16)19)14-18-15-22-23-21(18)24/h7-12,14,22H,2-6,13,15H2,1H3,(H,23,24)/b18-14+. The van der Waals surface area contributed by atoms with Gasteiger partial charge in [0.1, 0.15) is 5.75 Å². The Kier molecular flexibility index (Phi) is 6.07. The van der Waals surface area contributed by atoms with Crippen molar-refractivity contribution in [1.82, 2.24) is 10.9 Å². The first kappa shape index (κ1) is 17.5. The highest BCUT2D eigenvalue weighted by atomic mass is 16.5. The zero-order valence-electron chi connectivity index (χ0n) is 14.8. The highest BCUT2D eigenvalue weighted by Crippen LogP contribution is 2.31. The predicted octanol–water partition coefficient (Wildman–Crippen LogP) is 4.21. The molecule has 1 aliphatic rings. The van der Waals surface area contributed by atoms with Crippen LogP contribution in [0.2, 0.25) is 0 Å². The third-order valence-corrected chi connectivity index (χ3v) is 4.51. The van der Waals surface area contributed by atoms with Gasteiger partial charge in [0.25, 0.3) is 5.91 Å². The van der Waals surface area contributed by atoms with Crippen molar-refractivity contribution in [2.24, 2.45) is 0 Å². The number of hydrogen-bond acceptors (Lipinski definition) is 3. The molecule has 1 aliphatic heterocycles. The van der Waals surface area contributed by atoms with Crippen LogP contribution < -0.4 is 15.6 Å². The smallest absolute Gasteiger partial charge is 0.262 e. The Bertz CT molecular complexity index is 762. The van der Waals surface area contributed by atoms with Crippen LogP contribution in [-0.4, -0.2) is 19.1 Å². The molecule has 0 aromatic heterocycles. The molecule has 1 amide bonds. The molecule has 0 saturated carbocycles. The number of carbonyl (C=O) groups is 1. The second-order valence-electron chi connectivity index (χ2n) is 6.44. The summed E-state index contributed by atoms with van der Waals surface area (Å²) in [5.41, 5.74) is 7.25. The van der Waals surface area contributed by atoms with Gasteiger partial charge in [0.15, 0.2) is 0 Å². The fourth-order valence-corrected chi connectivity index (χ4v) is 3.15. The van der Waals surface area contributed by atoms with Gasteiger partial charge in [-0.1, -0.05) is 62.9 Å². The fourth-order valence-electron chi connectivity index (χ4n) is 3.15. The van der Waals surface area contributed by atoms with Crippen LogP contribution in [0.5, 0.6) is 5.75 Å². The van der Waals surface area contributed by atoms with E-state index in [4.69, 9.17) is 4.74 Å². The summed E-state index contributed by atoms with van der Waals surface area (Å²) in [5.74, 6) is 0.832. The summed E-state index contributed by atoms with van der Waals surface area (Å²) in [6, 6.07) is 12.3. The van der Waals surface area contributed by atoms with Crippen LogP contribution in [0, 0.1) is 0 Å². The molecule has 25 heavy (non-hydrogen) atoms. The maximum atomic E-state index is 11.8. The van der Waals surface area contributed by atoms with Gasteiger partial charge in [0.2, 0.25) is 0 Å². The van der Waals surface area contributed by atoms with E-state index < -0.39 is 0 Å². The van der Waals surface area contributed by atoms with Crippen LogP contribution in [0.3, 0.4) is 0 Å². The van der Waals surface area contributed by atoms with Crippen molar-refractivity contribution in [3.63, 3.8) is 0 Å². The summed E-state index contributed by atoms with van der Waals surface area (Å²) < 4.78 is 6.09. The van der Waals surface area contributed by atoms with Crippen molar-refractivity contribution in [2.45, 2.75) is 39.0 Å². The van der Waals surface area contributed by atoms with Gasteiger partial charge in [-0.25, -0.2) is 5.43 Å². The van der Waals surface area contributed by atoms with Gasteiger partial charge in [0.05, 0.1) is 6.61 Å². The van der Waals surface area contributed by atoms with E-state index in [1.54, 1.807) is 0 Å². The molecular formula is C21H26N2O2. The van der Waals surface area contributed by atoms with E-state index in [1.165, 1.54) is 25.7 Å². The Labute approximate surface area is 149 Å². The summed E-state index contributed by atoms with van der Waals surface area (Å²) >= 11 is 0. The minimum absolute atomic E-state index is 0.0636. The largest absolute Gasteiger partial charge is 0.493 e. The molecule has 1 heterocycles. The van der Waals surface area contributed by atoms with E-state index in [0.717, 1.165) is 40.7 Å². The number of benzene rings is 2. The predicted molar refractivity (Wildman–Crippen MR) is 102 cm³/mol. The Morgan fingerprint density at radius 3 is 2.64 bits per heavy atom. The van der Waals surface area contributed by atoms with Crippen molar-refractivity contribution in [2.75, 3.05) is 13.2 Å². The highest BCUT2D eigenvalue weighted by molar-refractivity contribution is 6.03. The Morgan fingerprint density at radius 1 is 1.08 bits per heavy atom. The van der Waals surface area contributed by atoms with Gasteiger partial charge in [-0.05, 0) is 29.5 Å². The van der Waals surface area contributed by atoms with Crippen LogP contribution in [0.1, 0.15) is 44.6 Å². The second kappa shape index (κ2) is 8.67. The van der Waals surface area contributed by atoms with E-state index in [9.17, 15) is 4.79 Å². The number of hydrogen-bond donors (Lipinski definition) is 2. The van der Waals surface area contributed by atoms with E-state index in [0.29, 0.717) is 6.54 Å². The second-order valence-corrected chi connectivity index (χ2v) is 6.44. The number of amides is 1. The Balaban J connectivity index is 1.80. The molecule has 2 aromatic rings. The molecule has 2 aromatic carbocycles. The Morgan fingerprint density at radius 2 is 1.88 bits per heavy atom. The van der Waals surface area contributed by atoms with Gasteiger partial charge in [-0.15, -0.1) is 0 Å². The average Bonchev–Trinajstić information content (AvgIpc) is 3.03. The normalized spacial score (nSPS) is 15.7. The van der Waals surface area contributed by atoms with Crippen molar-refractivity contribution in [3.8, 4) is 5.75 Å². The van der Waals surface area contributed by atoms with E-state index in [1.807, 2.05) is 30.3 Å². The van der Waals surface area contributed by atoms with E-state index >= 15 is 0 Å². The maximum absolute atomic E-state index is 11.8. The molecule has 0 radical (unpaired) electrons. The molecule has 0 unspecified atom stereocenters. The molecule has 0 spiro atoms. The van der Waals surface area contributed by atoms with Gasteiger partial charge >= 0.3 is 0 Å². The lowest BCUT2D eigenvalue weighted by Crippen LogP contribution is -2.25. The fraction of sp³-hybridized carbons (Fsp3) is 0.381. The van der Waals surface area contributed by atoms with E-state index in [2.05, 4.69) is 29.9 Å². The van der Waals surface area contributed by atoms with Crippen molar-refractivity contribution in [1.29, 1.82) is 0 Å². The van der Waals surface area contributed by atoms with Gasteiger partial charge in [-0.2, -0.15) is 0 Å². The summed E-state index contributed by atoms with van der Waals surface area (Å²) in [4.78, 5) is 11.8. The summed E-state index contributed by atoms with van der Waals surface area (Å²) in [5, 5.41) is 2.20. The molecule has 2 N–H and O–H groups in total. The molecule has 3 rings (SSSR count). The maximum Gasteiger partial charge on any atom is 0.262 e. The van der Waals surface area contributed by atoms with Crippen LogP contribution in [-0.2, 0) is 4.79 Å². The molecule has 132 valence electrons. The highest BCUT2D eigenvalue weighted by Gasteiger charge is 2.16. The molecule has 4 heteroatoms. The lowest BCUT2D eigenvalue weighted by molar-refractivity contribution is -0.116. The van der Waals surface area contributed by atoms with Crippen LogP contribution >= 0.6 is 0 Å². The number of ether oxygens (including phenoxy) is 1. The topological polar surface area (TPSA) is 50.4 Å². The van der Waals surface area contributed by atoms with Crippen LogP contribution in [0.4, 0.5) is 0 Å². The van der Waals surface area contributed by atoms with Crippen LogP contribution in [0.15, 0.2) is 42.0 Å². The minimum Gasteiger partial charge on any atom is -0.493 e. The first-order chi connectivity index (χ1) is 12.3. The third-order valence-electron chi connectivity index (χ3n) is 4.51. The lowest BCUT2D eigenvalue weighted by atomic mass is 10.0. The van der Waals surface area contributed by atoms with Gasteiger partial charge in [-0.3, -0.25) is 10.2 Å². The zero-order chi connectivity index (χ0) is 17.5. The number of fused-ring (bicyclic) bond motifs is 1. The number of hydrazine groups is 1. The molecule has 1 fully saturated rings.